The van der Waals surface area contributed by atoms with Crippen LogP contribution >= 0.6 is 0 Å². The molecular formula is C19H21N3O3. The molecule has 0 unspecified atom stereocenters. The summed E-state index contributed by atoms with van der Waals surface area (Å²) in [5.74, 6) is 2.51. The molecule has 0 fully saturated rings. The molecular weight excluding hydrogens is 318 g/mol. The maximum atomic E-state index is 5.70. The fourth-order valence-corrected chi connectivity index (χ4v) is 2.44. The van der Waals surface area contributed by atoms with Crippen molar-refractivity contribution in [3.05, 3.63) is 59.5 Å². The average molecular weight is 339 g/mol. The maximum Gasteiger partial charge on any atom is 0.247 e. The van der Waals surface area contributed by atoms with E-state index in [2.05, 4.69) is 15.5 Å². The highest BCUT2D eigenvalue weighted by atomic mass is 16.5. The van der Waals surface area contributed by atoms with Gasteiger partial charge in [0.15, 0.2) is 11.5 Å². The van der Waals surface area contributed by atoms with Crippen LogP contribution in [-0.4, -0.2) is 24.4 Å². The zero-order valence-electron chi connectivity index (χ0n) is 14.6. The molecule has 0 amide bonds. The smallest absolute Gasteiger partial charge is 0.247 e. The molecule has 3 rings (SSSR count). The molecule has 1 N–H and O–H groups in total. The molecule has 0 aliphatic heterocycles. The number of nitrogens with one attached hydrogen (secondary N) is 1. The first-order valence-corrected chi connectivity index (χ1v) is 8.00. The summed E-state index contributed by atoms with van der Waals surface area (Å²) in [5, 5.41) is 11.5. The number of aryl methyl sites for hydroxylation is 1. The van der Waals surface area contributed by atoms with E-state index in [0.29, 0.717) is 36.4 Å². The van der Waals surface area contributed by atoms with Gasteiger partial charge >= 0.3 is 0 Å². The lowest BCUT2D eigenvalue weighted by atomic mass is 10.1. The van der Waals surface area contributed by atoms with Crippen LogP contribution in [-0.2, 0) is 13.1 Å². The van der Waals surface area contributed by atoms with Gasteiger partial charge in [-0.05, 0) is 36.8 Å². The Morgan fingerprint density at radius 3 is 2.40 bits per heavy atom. The summed E-state index contributed by atoms with van der Waals surface area (Å²) in [6.45, 7) is 3.19. The van der Waals surface area contributed by atoms with E-state index in [4.69, 9.17) is 13.9 Å². The molecule has 0 saturated carbocycles. The van der Waals surface area contributed by atoms with Gasteiger partial charge in [-0.3, -0.25) is 0 Å². The van der Waals surface area contributed by atoms with E-state index in [1.165, 1.54) is 5.56 Å². The van der Waals surface area contributed by atoms with Crippen molar-refractivity contribution < 1.29 is 13.9 Å². The topological polar surface area (TPSA) is 69.4 Å². The molecule has 0 spiro atoms. The molecule has 0 radical (unpaired) electrons. The summed E-state index contributed by atoms with van der Waals surface area (Å²) in [5.41, 5.74) is 3.19. The van der Waals surface area contributed by atoms with Crippen LogP contribution in [0, 0.1) is 6.92 Å². The standard InChI is InChI=1S/C19H21N3O3/c1-13-4-7-15(8-5-13)19-22-21-18(25-19)12-20-11-14-6-9-16(23-2)17(10-14)24-3/h4-10,20H,11-12H2,1-3H3. The Balaban J connectivity index is 1.58. The van der Waals surface area contributed by atoms with Crippen molar-refractivity contribution in [3.8, 4) is 23.0 Å². The van der Waals surface area contributed by atoms with Gasteiger partial charge in [-0.15, -0.1) is 10.2 Å². The van der Waals surface area contributed by atoms with Gasteiger partial charge in [0.05, 0.1) is 20.8 Å². The first-order chi connectivity index (χ1) is 12.2. The van der Waals surface area contributed by atoms with Gasteiger partial charge < -0.3 is 19.2 Å². The highest BCUT2D eigenvalue weighted by Crippen LogP contribution is 2.27. The lowest BCUT2D eigenvalue weighted by Crippen LogP contribution is -2.13. The van der Waals surface area contributed by atoms with Crippen molar-refractivity contribution in [3.63, 3.8) is 0 Å². The second-order valence-corrected chi connectivity index (χ2v) is 5.66. The van der Waals surface area contributed by atoms with Crippen LogP contribution in [0.5, 0.6) is 11.5 Å². The first-order valence-electron chi connectivity index (χ1n) is 8.00. The third kappa shape index (κ3) is 4.16. The minimum absolute atomic E-state index is 0.493. The molecule has 130 valence electrons. The molecule has 6 nitrogen and oxygen atoms in total. The number of aromatic nitrogens is 2. The van der Waals surface area contributed by atoms with Gasteiger partial charge in [0.1, 0.15) is 0 Å². The van der Waals surface area contributed by atoms with Crippen molar-refractivity contribution in [1.29, 1.82) is 0 Å². The highest BCUT2D eigenvalue weighted by molar-refractivity contribution is 5.52. The first kappa shape index (κ1) is 17.0. The monoisotopic (exact) mass is 339 g/mol. The molecule has 25 heavy (non-hydrogen) atoms. The number of ether oxygens (including phenoxy) is 2. The lowest BCUT2D eigenvalue weighted by molar-refractivity contribution is 0.354. The minimum atomic E-state index is 0.493. The molecule has 0 aliphatic carbocycles. The minimum Gasteiger partial charge on any atom is -0.493 e. The van der Waals surface area contributed by atoms with Crippen LogP contribution in [0.25, 0.3) is 11.5 Å². The Labute approximate surface area is 146 Å². The number of methoxy groups -OCH3 is 2. The largest absolute Gasteiger partial charge is 0.493 e. The van der Waals surface area contributed by atoms with Gasteiger partial charge in [0.2, 0.25) is 11.8 Å². The van der Waals surface area contributed by atoms with E-state index in [9.17, 15) is 0 Å². The van der Waals surface area contributed by atoms with E-state index in [-0.39, 0.29) is 0 Å². The molecule has 0 bridgehead atoms. The number of nitrogens with zero attached hydrogens (tertiary/aromatic N) is 2. The van der Waals surface area contributed by atoms with Gasteiger partial charge in [-0.1, -0.05) is 23.8 Å². The zero-order chi connectivity index (χ0) is 17.6. The summed E-state index contributed by atoms with van der Waals surface area (Å²) >= 11 is 0. The quantitative estimate of drug-likeness (QED) is 0.712. The Hall–Kier alpha value is -2.86. The van der Waals surface area contributed by atoms with Crippen LogP contribution < -0.4 is 14.8 Å². The summed E-state index contributed by atoms with van der Waals surface area (Å²) in [4.78, 5) is 0. The summed E-state index contributed by atoms with van der Waals surface area (Å²) in [6, 6.07) is 13.8. The van der Waals surface area contributed by atoms with Crippen molar-refractivity contribution in [2.45, 2.75) is 20.0 Å². The van der Waals surface area contributed by atoms with Crippen molar-refractivity contribution >= 4 is 0 Å². The molecule has 1 aromatic heterocycles. The van der Waals surface area contributed by atoms with E-state index in [1.807, 2.05) is 49.4 Å². The Kier molecular flexibility index (Phi) is 5.30. The van der Waals surface area contributed by atoms with Gasteiger partial charge in [0, 0.05) is 12.1 Å². The fourth-order valence-electron chi connectivity index (χ4n) is 2.44. The Bertz CT molecular complexity index is 828. The second kappa shape index (κ2) is 7.81. The molecule has 0 atom stereocenters. The average Bonchev–Trinajstić information content (AvgIpc) is 3.11. The Morgan fingerprint density at radius 2 is 1.68 bits per heavy atom. The van der Waals surface area contributed by atoms with Crippen LogP contribution in [0.15, 0.2) is 46.9 Å². The summed E-state index contributed by atoms with van der Waals surface area (Å²) in [6.07, 6.45) is 0. The molecule has 2 aromatic carbocycles. The van der Waals surface area contributed by atoms with Gasteiger partial charge in [0.25, 0.3) is 0 Å². The van der Waals surface area contributed by atoms with Crippen LogP contribution in [0.4, 0.5) is 0 Å². The fraction of sp³-hybridized carbons (Fsp3) is 0.263. The van der Waals surface area contributed by atoms with Crippen molar-refractivity contribution in [2.24, 2.45) is 0 Å². The van der Waals surface area contributed by atoms with E-state index in [0.717, 1.165) is 11.1 Å². The number of rotatable bonds is 7. The van der Waals surface area contributed by atoms with Crippen molar-refractivity contribution in [1.82, 2.24) is 15.5 Å². The summed E-state index contributed by atoms with van der Waals surface area (Å²) in [7, 11) is 3.25. The number of hydrogen-bond acceptors (Lipinski definition) is 6. The normalized spacial score (nSPS) is 10.7. The van der Waals surface area contributed by atoms with Crippen molar-refractivity contribution in [2.75, 3.05) is 14.2 Å². The zero-order valence-corrected chi connectivity index (χ0v) is 14.6. The maximum absolute atomic E-state index is 5.70. The molecule has 6 heteroatoms. The van der Waals surface area contributed by atoms with Gasteiger partial charge in [-0.2, -0.15) is 0 Å². The predicted molar refractivity (Wildman–Crippen MR) is 94.6 cm³/mol. The summed E-state index contributed by atoms with van der Waals surface area (Å²) < 4.78 is 16.2. The molecule has 0 saturated heterocycles. The molecule has 0 aliphatic rings. The second-order valence-electron chi connectivity index (χ2n) is 5.66. The third-order valence-corrected chi connectivity index (χ3v) is 3.82. The van der Waals surface area contributed by atoms with Gasteiger partial charge in [-0.25, -0.2) is 0 Å². The lowest BCUT2D eigenvalue weighted by Gasteiger charge is -2.09. The van der Waals surface area contributed by atoms with E-state index < -0.39 is 0 Å². The molecule has 3 aromatic rings. The number of hydrogen-bond donors (Lipinski definition) is 1. The van der Waals surface area contributed by atoms with Crippen LogP contribution in [0.3, 0.4) is 0 Å². The SMILES string of the molecule is COc1ccc(CNCc2nnc(-c3ccc(C)cc3)o2)cc1OC. The van der Waals surface area contributed by atoms with Crippen LogP contribution in [0.2, 0.25) is 0 Å². The van der Waals surface area contributed by atoms with Crippen LogP contribution in [0.1, 0.15) is 17.0 Å². The molecule has 1 heterocycles. The Morgan fingerprint density at radius 1 is 0.920 bits per heavy atom. The van der Waals surface area contributed by atoms with E-state index in [1.54, 1.807) is 14.2 Å². The number of benzene rings is 2. The van der Waals surface area contributed by atoms with E-state index >= 15 is 0 Å². The predicted octanol–water partition coefficient (Wildman–Crippen LogP) is 3.35. The highest BCUT2D eigenvalue weighted by Gasteiger charge is 2.09. The third-order valence-electron chi connectivity index (χ3n) is 3.82.